The lowest BCUT2D eigenvalue weighted by Crippen LogP contribution is -2.23. The van der Waals surface area contributed by atoms with E-state index in [1.54, 1.807) is 0 Å². The molecule has 25 heavy (non-hydrogen) atoms. The van der Waals surface area contributed by atoms with Gasteiger partial charge in [-0.15, -0.1) is 0 Å². The Hall–Kier alpha value is -0.870. The highest BCUT2D eigenvalue weighted by Gasteiger charge is 2.19. The van der Waals surface area contributed by atoms with Crippen LogP contribution in [0.5, 0.6) is 11.5 Å². The van der Waals surface area contributed by atoms with E-state index < -0.39 is 11.2 Å². The lowest BCUT2D eigenvalue weighted by molar-refractivity contribution is 0.174. The fourth-order valence-electron chi connectivity index (χ4n) is 2.72. The first-order valence-electron chi connectivity index (χ1n) is 9.62. The van der Waals surface area contributed by atoms with Crippen molar-refractivity contribution < 1.29 is 14.0 Å². The van der Waals surface area contributed by atoms with E-state index in [1.807, 2.05) is 38.5 Å². The predicted octanol–water partition coefficient (Wildman–Crippen LogP) is 5.69. The van der Waals surface area contributed by atoms with Gasteiger partial charge in [-0.25, -0.2) is 0 Å². The van der Waals surface area contributed by atoms with Crippen LogP contribution in [0.1, 0.15) is 71.8 Å². The first-order valence-corrected chi connectivity index (χ1v) is 11.0. The molecule has 0 spiro atoms. The van der Waals surface area contributed by atoms with Gasteiger partial charge in [0.15, 0.2) is 11.5 Å². The maximum absolute atomic E-state index is 12.3. The van der Waals surface area contributed by atoms with Gasteiger partial charge < -0.3 is 14.0 Å². The second-order valence-electron chi connectivity index (χ2n) is 6.63. The summed E-state index contributed by atoms with van der Waals surface area (Å²) in [5, 5.41) is 0.191. The van der Waals surface area contributed by atoms with Crippen molar-refractivity contribution in [2.45, 2.75) is 77.9 Å². The van der Waals surface area contributed by atoms with E-state index in [0.717, 1.165) is 30.1 Å². The van der Waals surface area contributed by atoms with Crippen molar-refractivity contribution in [1.29, 1.82) is 0 Å². The van der Waals surface area contributed by atoms with E-state index in [9.17, 15) is 4.55 Å². The molecule has 4 heteroatoms. The molecule has 1 radical (unpaired) electrons. The van der Waals surface area contributed by atoms with E-state index >= 15 is 0 Å². The molecule has 0 amide bonds. The Morgan fingerprint density at radius 2 is 1.72 bits per heavy atom. The van der Waals surface area contributed by atoms with Crippen LogP contribution in [0.15, 0.2) is 18.2 Å². The van der Waals surface area contributed by atoms with E-state index in [4.69, 9.17) is 9.47 Å². The summed E-state index contributed by atoms with van der Waals surface area (Å²) in [6, 6.07) is 6.01. The number of ether oxygens (including phenoxy) is 2. The molecule has 1 aliphatic rings. The SMILES string of the molecule is CCCCCCCC[S+]([O-])C(C)Cc1ccc2c(c1)OCO2.C[CH]C. The Morgan fingerprint density at radius 3 is 2.44 bits per heavy atom. The molecule has 0 aliphatic carbocycles. The summed E-state index contributed by atoms with van der Waals surface area (Å²) in [7, 11) is 0. The summed E-state index contributed by atoms with van der Waals surface area (Å²) >= 11 is -0.743. The Bertz CT molecular complexity index is 464. The van der Waals surface area contributed by atoms with E-state index in [1.165, 1.54) is 37.7 Å². The van der Waals surface area contributed by atoms with Crippen LogP contribution in [-0.2, 0) is 17.6 Å². The van der Waals surface area contributed by atoms with E-state index in [0.29, 0.717) is 6.79 Å². The van der Waals surface area contributed by atoms with Crippen LogP contribution < -0.4 is 9.47 Å². The van der Waals surface area contributed by atoms with Gasteiger partial charge in [0.2, 0.25) is 6.79 Å². The third-order valence-electron chi connectivity index (χ3n) is 4.11. The average molecular weight is 368 g/mol. The van der Waals surface area contributed by atoms with Gasteiger partial charge in [-0.3, -0.25) is 0 Å². The van der Waals surface area contributed by atoms with Gasteiger partial charge in [0.25, 0.3) is 0 Å². The monoisotopic (exact) mass is 367 g/mol. The standard InChI is InChI=1S/C18H28O3S.C3H7/c1-3-4-5-6-7-8-11-22(19)15(2)12-16-9-10-17-18(13-16)21-14-20-17;1-3-2/h9-10,13,15H,3-8,11-12,14H2,1-2H3;3H,1-2H3. The topological polar surface area (TPSA) is 41.5 Å². The molecule has 0 N–H and O–H groups in total. The molecule has 2 atom stereocenters. The van der Waals surface area contributed by atoms with Crippen LogP contribution in [-0.4, -0.2) is 22.3 Å². The molecular weight excluding hydrogens is 332 g/mol. The summed E-state index contributed by atoms with van der Waals surface area (Å²) in [6.07, 6.45) is 10.3. The normalized spacial score (nSPS) is 14.6. The van der Waals surface area contributed by atoms with Crippen molar-refractivity contribution >= 4 is 11.2 Å². The third kappa shape index (κ3) is 8.87. The van der Waals surface area contributed by atoms with Crippen LogP contribution in [0.3, 0.4) is 0 Å². The number of fused-ring (bicyclic) bond motifs is 1. The second kappa shape index (κ2) is 13.3. The maximum atomic E-state index is 12.3. The molecular formula is C21H35O3S. The lowest BCUT2D eigenvalue weighted by atomic mass is 10.1. The smallest absolute Gasteiger partial charge is 0.231 e. The van der Waals surface area contributed by atoms with Gasteiger partial charge in [-0.2, -0.15) is 0 Å². The highest BCUT2D eigenvalue weighted by atomic mass is 32.2. The second-order valence-corrected chi connectivity index (χ2v) is 8.61. The zero-order valence-corrected chi connectivity index (χ0v) is 17.2. The molecule has 1 aromatic carbocycles. The number of benzene rings is 1. The van der Waals surface area contributed by atoms with Gasteiger partial charge in [0, 0.05) is 6.42 Å². The van der Waals surface area contributed by atoms with Crippen LogP contribution in [0.2, 0.25) is 0 Å². The molecule has 1 heterocycles. The molecule has 0 saturated heterocycles. The summed E-state index contributed by atoms with van der Waals surface area (Å²) < 4.78 is 23.0. The van der Waals surface area contributed by atoms with Crippen LogP contribution in [0.4, 0.5) is 0 Å². The van der Waals surface area contributed by atoms with Crippen molar-refractivity contribution in [2.24, 2.45) is 0 Å². The fraction of sp³-hybridized carbons (Fsp3) is 0.667. The molecule has 1 aromatic rings. The van der Waals surface area contributed by atoms with Gasteiger partial charge in [0.1, 0.15) is 11.0 Å². The van der Waals surface area contributed by atoms with Crippen molar-refractivity contribution in [3.63, 3.8) is 0 Å². The highest BCUT2D eigenvalue weighted by Crippen LogP contribution is 2.33. The third-order valence-corrected chi connectivity index (χ3v) is 5.86. The quantitative estimate of drug-likeness (QED) is 0.394. The number of hydrogen-bond acceptors (Lipinski definition) is 3. The van der Waals surface area contributed by atoms with Crippen molar-refractivity contribution in [3.8, 4) is 11.5 Å². The minimum absolute atomic E-state index is 0.191. The first kappa shape index (κ1) is 22.2. The molecule has 0 aromatic heterocycles. The largest absolute Gasteiger partial charge is 0.616 e. The summed E-state index contributed by atoms with van der Waals surface area (Å²) in [4.78, 5) is 0. The zero-order chi connectivity index (χ0) is 18.5. The lowest BCUT2D eigenvalue weighted by Gasteiger charge is -2.18. The Kier molecular flexibility index (Phi) is 11.8. The van der Waals surface area contributed by atoms with E-state index in [2.05, 4.69) is 13.8 Å². The Morgan fingerprint density at radius 1 is 1.08 bits per heavy atom. The minimum Gasteiger partial charge on any atom is -0.616 e. The van der Waals surface area contributed by atoms with Crippen LogP contribution in [0, 0.1) is 6.42 Å². The van der Waals surface area contributed by atoms with Crippen molar-refractivity contribution in [3.05, 3.63) is 30.2 Å². The number of rotatable bonds is 10. The van der Waals surface area contributed by atoms with Crippen LogP contribution >= 0.6 is 0 Å². The molecule has 3 nitrogen and oxygen atoms in total. The molecule has 0 fully saturated rings. The number of hydrogen-bond donors (Lipinski definition) is 0. The summed E-state index contributed by atoms with van der Waals surface area (Å²) in [5.74, 6) is 2.45. The minimum atomic E-state index is -0.743. The van der Waals surface area contributed by atoms with Crippen molar-refractivity contribution in [2.75, 3.05) is 12.5 Å². The molecule has 0 saturated carbocycles. The number of unbranched alkanes of at least 4 members (excludes halogenated alkanes) is 5. The van der Waals surface area contributed by atoms with Gasteiger partial charge in [0.05, 0.1) is 0 Å². The first-order chi connectivity index (χ1) is 12.1. The molecule has 0 bridgehead atoms. The zero-order valence-electron chi connectivity index (χ0n) is 16.4. The van der Waals surface area contributed by atoms with Crippen LogP contribution in [0.25, 0.3) is 0 Å². The Labute approximate surface area is 157 Å². The fourth-order valence-corrected chi connectivity index (χ4v) is 3.99. The average Bonchev–Trinajstić information content (AvgIpc) is 3.06. The van der Waals surface area contributed by atoms with Gasteiger partial charge >= 0.3 is 0 Å². The van der Waals surface area contributed by atoms with Gasteiger partial charge in [-0.05, 0) is 43.9 Å². The molecule has 2 unspecified atom stereocenters. The maximum Gasteiger partial charge on any atom is 0.231 e. The predicted molar refractivity (Wildman–Crippen MR) is 108 cm³/mol. The van der Waals surface area contributed by atoms with Crippen molar-refractivity contribution in [1.82, 2.24) is 0 Å². The molecule has 1 aliphatic heterocycles. The molecule has 2 rings (SSSR count). The van der Waals surface area contributed by atoms with E-state index in [-0.39, 0.29) is 5.25 Å². The Balaban J connectivity index is 0.000000970. The summed E-state index contributed by atoms with van der Waals surface area (Å²) in [5.41, 5.74) is 1.17. The molecule has 143 valence electrons. The summed E-state index contributed by atoms with van der Waals surface area (Å²) in [6.45, 7) is 8.61. The van der Waals surface area contributed by atoms with Gasteiger partial charge in [-0.1, -0.05) is 63.7 Å². The highest BCUT2D eigenvalue weighted by molar-refractivity contribution is 7.91.